The summed E-state index contributed by atoms with van der Waals surface area (Å²) < 4.78 is 0. The van der Waals surface area contributed by atoms with E-state index in [9.17, 15) is 0 Å². The summed E-state index contributed by atoms with van der Waals surface area (Å²) in [5.41, 5.74) is 1.05. The van der Waals surface area contributed by atoms with Crippen molar-refractivity contribution in [3.63, 3.8) is 0 Å². The maximum absolute atomic E-state index is 4.09. The molecule has 55 valence electrons. The van der Waals surface area contributed by atoms with Crippen molar-refractivity contribution < 1.29 is 22.4 Å². The number of aliphatic imine (C=N–C) groups is 2. The van der Waals surface area contributed by atoms with Gasteiger partial charge < -0.3 is 0 Å². The van der Waals surface area contributed by atoms with Crippen LogP contribution in [0.25, 0.3) is 0 Å². The van der Waals surface area contributed by atoms with Gasteiger partial charge in [0.1, 0.15) is 12.4 Å². The SMILES string of the molecule is C1=CC2=NC=NC2C=C1.[Au]. The molecule has 0 bridgehead atoms. The van der Waals surface area contributed by atoms with Crippen LogP contribution >= 0.6 is 0 Å². The van der Waals surface area contributed by atoms with Crippen molar-refractivity contribution in [2.24, 2.45) is 9.98 Å². The monoisotopic (exact) mass is 315 g/mol. The molecule has 0 amide bonds. The van der Waals surface area contributed by atoms with Gasteiger partial charge >= 0.3 is 0 Å². The smallest absolute Gasteiger partial charge is 0.112 e. The van der Waals surface area contributed by atoms with E-state index in [2.05, 4.69) is 9.98 Å². The largest absolute Gasteiger partial charge is 0.260 e. The third kappa shape index (κ3) is 1.19. The molecule has 3 heteroatoms. The van der Waals surface area contributed by atoms with Gasteiger partial charge in [-0.25, -0.2) is 4.99 Å². The molecule has 2 nitrogen and oxygen atoms in total. The Morgan fingerprint density at radius 3 is 3.00 bits per heavy atom. The van der Waals surface area contributed by atoms with Crippen molar-refractivity contribution in [2.45, 2.75) is 6.04 Å². The van der Waals surface area contributed by atoms with Gasteiger partial charge in [-0.2, -0.15) is 0 Å². The van der Waals surface area contributed by atoms with Gasteiger partial charge in [-0.05, 0) is 6.08 Å². The van der Waals surface area contributed by atoms with Gasteiger partial charge in [0.25, 0.3) is 0 Å². The van der Waals surface area contributed by atoms with Gasteiger partial charge in [-0.1, -0.05) is 18.2 Å². The number of nitrogens with zero attached hydrogens (tertiary/aromatic N) is 2. The van der Waals surface area contributed by atoms with E-state index in [4.69, 9.17) is 0 Å². The van der Waals surface area contributed by atoms with Crippen molar-refractivity contribution in [3.05, 3.63) is 24.3 Å². The van der Waals surface area contributed by atoms with Crippen LogP contribution in [-0.2, 0) is 22.4 Å². The summed E-state index contributed by atoms with van der Waals surface area (Å²) in [6, 6.07) is 0.218. The fourth-order valence-electron chi connectivity index (χ4n) is 0.938. The van der Waals surface area contributed by atoms with Crippen LogP contribution in [0.5, 0.6) is 0 Å². The Hall–Kier alpha value is -0.440. The maximum atomic E-state index is 4.09. The van der Waals surface area contributed by atoms with Crippen LogP contribution in [0.2, 0.25) is 0 Å². The van der Waals surface area contributed by atoms with Gasteiger partial charge in [-0.3, -0.25) is 4.99 Å². The van der Waals surface area contributed by atoms with Gasteiger partial charge in [-0.15, -0.1) is 0 Å². The van der Waals surface area contributed by atoms with Crippen molar-refractivity contribution in [2.75, 3.05) is 0 Å². The molecule has 2 rings (SSSR count). The van der Waals surface area contributed by atoms with E-state index in [1.165, 1.54) is 0 Å². The predicted octanol–water partition coefficient (Wildman–Crippen LogP) is 0.961. The minimum Gasteiger partial charge on any atom is -0.260 e. The van der Waals surface area contributed by atoms with Crippen molar-refractivity contribution in [1.29, 1.82) is 0 Å². The van der Waals surface area contributed by atoms with Crippen LogP contribution in [0.3, 0.4) is 0 Å². The molecule has 0 saturated carbocycles. The van der Waals surface area contributed by atoms with Gasteiger partial charge in [0.05, 0.1) is 5.71 Å². The molecule has 0 fully saturated rings. The van der Waals surface area contributed by atoms with Crippen LogP contribution < -0.4 is 0 Å². The first kappa shape index (κ1) is 7.66. The zero-order chi connectivity index (χ0) is 6.10. The Balaban J connectivity index is 0.000000500. The number of hydrogen-bond donors (Lipinski definition) is 0. The molecule has 0 aromatic carbocycles. The standard InChI is InChI=1S/C7H6N2.Au/c1-2-4-7-6(3-1)8-5-9-7;/h1-6H;. The molecule has 1 radical (unpaired) electrons. The molecule has 10 heavy (non-hydrogen) atoms. The van der Waals surface area contributed by atoms with Gasteiger partial charge in [0, 0.05) is 22.4 Å². The van der Waals surface area contributed by atoms with Crippen molar-refractivity contribution in [3.8, 4) is 0 Å². The molecular weight excluding hydrogens is 309 g/mol. The average molecular weight is 315 g/mol. The molecule has 1 heterocycles. The third-order valence-corrected chi connectivity index (χ3v) is 1.41. The first-order valence-electron chi connectivity index (χ1n) is 2.91. The summed E-state index contributed by atoms with van der Waals surface area (Å²) >= 11 is 0. The first-order valence-corrected chi connectivity index (χ1v) is 2.91. The Kier molecular flexibility index (Phi) is 2.38. The third-order valence-electron chi connectivity index (χ3n) is 1.41. The minimum atomic E-state index is 0. The second-order valence-electron chi connectivity index (χ2n) is 2.01. The Labute approximate surface area is 75.0 Å². The molecular formula is C7H6AuN2. The summed E-state index contributed by atoms with van der Waals surface area (Å²) in [5, 5.41) is 0. The zero-order valence-electron chi connectivity index (χ0n) is 5.16. The molecule has 0 aromatic heterocycles. The van der Waals surface area contributed by atoms with Gasteiger partial charge in [0.15, 0.2) is 0 Å². The van der Waals surface area contributed by atoms with Gasteiger partial charge in [0.2, 0.25) is 0 Å². The molecule has 1 atom stereocenters. The summed E-state index contributed by atoms with van der Waals surface area (Å²) in [7, 11) is 0. The molecule has 2 aliphatic rings. The Morgan fingerprint density at radius 2 is 2.20 bits per heavy atom. The van der Waals surface area contributed by atoms with E-state index in [0.29, 0.717) is 0 Å². The van der Waals surface area contributed by atoms with Crippen LogP contribution in [0.15, 0.2) is 34.3 Å². The Bertz CT molecular complexity index is 238. The van der Waals surface area contributed by atoms with E-state index >= 15 is 0 Å². The molecule has 1 aliphatic carbocycles. The zero-order valence-corrected chi connectivity index (χ0v) is 7.33. The molecule has 0 saturated heterocycles. The summed E-state index contributed by atoms with van der Waals surface area (Å²) in [6.45, 7) is 0. The topological polar surface area (TPSA) is 24.7 Å². The van der Waals surface area contributed by atoms with E-state index in [1.807, 2.05) is 24.3 Å². The van der Waals surface area contributed by atoms with E-state index < -0.39 is 0 Å². The van der Waals surface area contributed by atoms with Crippen molar-refractivity contribution >= 4 is 12.1 Å². The predicted molar refractivity (Wildman–Crippen MR) is 38.0 cm³/mol. The van der Waals surface area contributed by atoms with Crippen LogP contribution in [0.4, 0.5) is 0 Å². The molecule has 0 N–H and O–H groups in total. The average Bonchev–Trinajstić information content (AvgIpc) is 2.33. The minimum absolute atomic E-state index is 0. The van der Waals surface area contributed by atoms with E-state index in [0.717, 1.165) is 5.71 Å². The number of allylic oxidation sites excluding steroid dienone is 2. The van der Waals surface area contributed by atoms with E-state index in [-0.39, 0.29) is 28.4 Å². The van der Waals surface area contributed by atoms with Crippen LogP contribution in [0.1, 0.15) is 0 Å². The Morgan fingerprint density at radius 1 is 1.30 bits per heavy atom. The fraction of sp³-hybridized carbons (Fsp3) is 0.143. The van der Waals surface area contributed by atoms with Crippen LogP contribution in [0, 0.1) is 0 Å². The summed E-state index contributed by atoms with van der Waals surface area (Å²) in [5.74, 6) is 0. The number of hydrogen-bond acceptors (Lipinski definition) is 2. The summed E-state index contributed by atoms with van der Waals surface area (Å²) in [4.78, 5) is 8.14. The maximum Gasteiger partial charge on any atom is 0.112 e. The number of fused-ring (bicyclic) bond motifs is 1. The molecule has 1 aliphatic heterocycles. The second kappa shape index (κ2) is 3.10. The molecule has 0 aromatic rings. The number of rotatable bonds is 0. The first-order chi connectivity index (χ1) is 4.47. The normalized spacial score (nSPS) is 25.6. The summed E-state index contributed by atoms with van der Waals surface area (Å²) in [6.07, 6.45) is 9.59. The molecule has 1 unspecified atom stereocenters. The fourth-order valence-corrected chi connectivity index (χ4v) is 0.938. The quantitative estimate of drug-likeness (QED) is 0.595. The van der Waals surface area contributed by atoms with Crippen molar-refractivity contribution in [1.82, 2.24) is 0 Å². The molecule has 0 spiro atoms. The van der Waals surface area contributed by atoms with Crippen LogP contribution in [-0.4, -0.2) is 18.1 Å². The second-order valence-corrected chi connectivity index (χ2v) is 2.01. The van der Waals surface area contributed by atoms with E-state index in [1.54, 1.807) is 6.34 Å².